The van der Waals surface area contributed by atoms with Gasteiger partial charge in [-0.25, -0.2) is 13.8 Å². The zero-order chi connectivity index (χ0) is 23.3. The van der Waals surface area contributed by atoms with Crippen molar-refractivity contribution in [2.24, 2.45) is 5.10 Å². The van der Waals surface area contributed by atoms with Crippen LogP contribution in [0.1, 0.15) is 15.2 Å². The van der Waals surface area contributed by atoms with Crippen LogP contribution in [0.2, 0.25) is 0 Å². The molecule has 8 nitrogen and oxygen atoms in total. The number of amides is 1. The van der Waals surface area contributed by atoms with E-state index in [1.54, 1.807) is 29.7 Å². The number of morpholine rings is 1. The summed E-state index contributed by atoms with van der Waals surface area (Å²) in [6, 6.07) is 16.4. The fraction of sp³-hybridized carbons (Fsp3) is 0.182. The highest BCUT2D eigenvalue weighted by atomic mass is 79.9. The molecule has 0 bridgehead atoms. The molecule has 172 valence electrons. The summed E-state index contributed by atoms with van der Waals surface area (Å²) in [7, 11) is -3.72. The second-order valence-electron chi connectivity index (χ2n) is 7.11. The fourth-order valence-corrected chi connectivity index (χ4v) is 5.36. The van der Waals surface area contributed by atoms with Gasteiger partial charge in [0.1, 0.15) is 0 Å². The first-order chi connectivity index (χ1) is 15.9. The summed E-state index contributed by atoms with van der Waals surface area (Å²) in [5, 5.41) is 5.18. The molecule has 4 rings (SSSR count). The predicted octanol–water partition coefficient (Wildman–Crippen LogP) is 3.91. The van der Waals surface area contributed by atoms with Crippen molar-refractivity contribution in [2.75, 3.05) is 35.9 Å². The molecule has 0 saturated carbocycles. The zero-order valence-electron chi connectivity index (χ0n) is 17.4. The number of hydrogen-bond donors (Lipinski definition) is 2. The Morgan fingerprint density at radius 2 is 1.73 bits per heavy atom. The normalized spacial score (nSPS) is 14.4. The first kappa shape index (κ1) is 23.4. The standard InChI is InChI=1S/C22H21BrN4O4S2/c23-17-3-8-20(9-4-17)33(29,30)26-18-5-1-16(2-6-18)22(28)25-24-15-19-7-10-21(32-19)27-11-13-31-14-12-27/h1-10,15,26H,11-14H2,(H,25,28). The third-order valence-electron chi connectivity index (χ3n) is 4.82. The molecule has 1 saturated heterocycles. The molecule has 1 amide bonds. The van der Waals surface area contributed by atoms with Crippen LogP contribution in [0.5, 0.6) is 0 Å². The molecule has 11 heteroatoms. The minimum absolute atomic E-state index is 0.146. The van der Waals surface area contributed by atoms with E-state index in [2.05, 4.69) is 36.1 Å². The van der Waals surface area contributed by atoms with Gasteiger partial charge in [0.2, 0.25) is 0 Å². The molecule has 1 aliphatic rings. The highest BCUT2D eigenvalue weighted by molar-refractivity contribution is 9.10. The monoisotopic (exact) mass is 548 g/mol. The average molecular weight is 549 g/mol. The van der Waals surface area contributed by atoms with Crippen molar-refractivity contribution in [1.82, 2.24) is 5.43 Å². The highest BCUT2D eigenvalue weighted by Gasteiger charge is 2.15. The van der Waals surface area contributed by atoms with E-state index in [-0.39, 0.29) is 4.90 Å². The van der Waals surface area contributed by atoms with Gasteiger partial charge in [0.05, 0.1) is 29.3 Å². The summed E-state index contributed by atoms with van der Waals surface area (Å²) in [5.74, 6) is -0.390. The Labute approximate surface area is 204 Å². The maximum atomic E-state index is 12.5. The quantitative estimate of drug-likeness (QED) is 0.344. The van der Waals surface area contributed by atoms with E-state index in [0.717, 1.165) is 40.7 Å². The summed E-state index contributed by atoms with van der Waals surface area (Å²) < 4.78 is 33.6. The summed E-state index contributed by atoms with van der Waals surface area (Å²) in [4.78, 5) is 15.7. The van der Waals surface area contributed by atoms with Crippen LogP contribution in [0.3, 0.4) is 0 Å². The number of rotatable bonds is 7. The molecule has 3 aromatic rings. The van der Waals surface area contributed by atoms with Crippen molar-refractivity contribution in [3.05, 3.63) is 75.6 Å². The van der Waals surface area contributed by atoms with Crippen LogP contribution < -0.4 is 15.0 Å². The van der Waals surface area contributed by atoms with E-state index in [4.69, 9.17) is 4.74 Å². The predicted molar refractivity (Wildman–Crippen MR) is 134 cm³/mol. The minimum Gasteiger partial charge on any atom is -0.378 e. The van der Waals surface area contributed by atoms with E-state index in [0.29, 0.717) is 11.3 Å². The summed E-state index contributed by atoms with van der Waals surface area (Å²) in [6.45, 7) is 3.18. The van der Waals surface area contributed by atoms with Gasteiger partial charge in [-0.2, -0.15) is 5.10 Å². The number of ether oxygens (including phenoxy) is 1. The van der Waals surface area contributed by atoms with E-state index >= 15 is 0 Å². The van der Waals surface area contributed by atoms with E-state index in [9.17, 15) is 13.2 Å². The topological polar surface area (TPSA) is 100 Å². The Balaban J connectivity index is 1.33. The molecule has 0 atom stereocenters. The summed E-state index contributed by atoms with van der Waals surface area (Å²) in [5.41, 5.74) is 3.21. The maximum Gasteiger partial charge on any atom is 0.271 e. The van der Waals surface area contributed by atoms with Gasteiger partial charge in [-0.1, -0.05) is 15.9 Å². The molecule has 2 aromatic carbocycles. The van der Waals surface area contributed by atoms with Gasteiger partial charge in [0.25, 0.3) is 15.9 Å². The number of anilines is 2. The molecular formula is C22H21BrN4O4S2. The number of carbonyl (C=O) groups excluding carboxylic acids is 1. The van der Waals surface area contributed by atoms with Crippen molar-refractivity contribution >= 4 is 60.1 Å². The number of halogens is 1. The van der Waals surface area contributed by atoms with Gasteiger partial charge in [-0.15, -0.1) is 11.3 Å². The number of sulfonamides is 1. The molecule has 0 radical (unpaired) electrons. The van der Waals surface area contributed by atoms with Gasteiger partial charge in [-0.05, 0) is 60.7 Å². The first-order valence-electron chi connectivity index (χ1n) is 10.1. The van der Waals surface area contributed by atoms with Crippen LogP contribution >= 0.6 is 27.3 Å². The number of nitrogens with one attached hydrogen (secondary N) is 2. The van der Waals surface area contributed by atoms with Crippen LogP contribution in [-0.2, 0) is 14.8 Å². The molecule has 33 heavy (non-hydrogen) atoms. The number of benzene rings is 2. The number of hydrogen-bond acceptors (Lipinski definition) is 7. The molecular weight excluding hydrogens is 528 g/mol. The molecule has 1 aromatic heterocycles. The lowest BCUT2D eigenvalue weighted by atomic mass is 10.2. The van der Waals surface area contributed by atoms with Crippen molar-refractivity contribution in [3.8, 4) is 0 Å². The minimum atomic E-state index is -3.72. The average Bonchev–Trinajstić information content (AvgIpc) is 3.29. The Morgan fingerprint density at radius 3 is 2.42 bits per heavy atom. The van der Waals surface area contributed by atoms with Crippen molar-refractivity contribution in [2.45, 2.75) is 4.90 Å². The third-order valence-corrected chi connectivity index (χ3v) is 7.82. The van der Waals surface area contributed by atoms with Gasteiger partial charge in [0.15, 0.2) is 0 Å². The van der Waals surface area contributed by atoms with Crippen LogP contribution in [0.25, 0.3) is 0 Å². The van der Waals surface area contributed by atoms with Gasteiger partial charge < -0.3 is 9.64 Å². The second-order valence-corrected chi connectivity index (χ2v) is 10.8. The van der Waals surface area contributed by atoms with E-state index < -0.39 is 15.9 Å². The van der Waals surface area contributed by atoms with Crippen molar-refractivity contribution in [3.63, 3.8) is 0 Å². The largest absolute Gasteiger partial charge is 0.378 e. The van der Waals surface area contributed by atoms with Gasteiger partial charge >= 0.3 is 0 Å². The summed E-state index contributed by atoms with van der Waals surface area (Å²) >= 11 is 4.88. The van der Waals surface area contributed by atoms with Crippen molar-refractivity contribution < 1.29 is 17.9 Å². The molecule has 0 aliphatic carbocycles. The smallest absolute Gasteiger partial charge is 0.271 e. The van der Waals surface area contributed by atoms with E-state index in [1.165, 1.54) is 36.4 Å². The van der Waals surface area contributed by atoms with Crippen LogP contribution in [0.15, 0.2) is 75.1 Å². The zero-order valence-corrected chi connectivity index (χ0v) is 20.6. The third kappa shape index (κ3) is 6.20. The number of carbonyl (C=O) groups is 1. The Bertz CT molecular complexity index is 1240. The first-order valence-corrected chi connectivity index (χ1v) is 13.1. The number of thiophene rings is 1. The number of hydrazone groups is 1. The molecule has 1 fully saturated rings. The molecule has 1 aliphatic heterocycles. The fourth-order valence-electron chi connectivity index (χ4n) is 3.10. The van der Waals surface area contributed by atoms with Gasteiger partial charge in [-0.3, -0.25) is 9.52 Å². The second kappa shape index (κ2) is 10.5. The van der Waals surface area contributed by atoms with Gasteiger partial charge in [0, 0.05) is 33.7 Å². The summed E-state index contributed by atoms with van der Waals surface area (Å²) in [6.07, 6.45) is 1.60. The Morgan fingerprint density at radius 1 is 1.03 bits per heavy atom. The lowest BCUT2D eigenvalue weighted by Crippen LogP contribution is -2.35. The SMILES string of the molecule is O=C(NN=Cc1ccc(N2CCOCC2)s1)c1ccc(NS(=O)(=O)c2ccc(Br)cc2)cc1. The Kier molecular flexibility index (Phi) is 7.43. The Hall–Kier alpha value is -2.73. The van der Waals surface area contributed by atoms with Crippen LogP contribution in [-0.4, -0.2) is 46.8 Å². The lowest BCUT2D eigenvalue weighted by molar-refractivity contribution is 0.0955. The highest BCUT2D eigenvalue weighted by Crippen LogP contribution is 2.25. The van der Waals surface area contributed by atoms with Crippen LogP contribution in [0.4, 0.5) is 10.7 Å². The van der Waals surface area contributed by atoms with E-state index in [1.807, 2.05) is 12.1 Å². The molecule has 0 unspecified atom stereocenters. The molecule has 2 heterocycles. The van der Waals surface area contributed by atoms with Crippen LogP contribution in [0, 0.1) is 0 Å². The molecule has 2 N–H and O–H groups in total. The van der Waals surface area contributed by atoms with Crippen molar-refractivity contribution in [1.29, 1.82) is 0 Å². The lowest BCUT2D eigenvalue weighted by Gasteiger charge is -2.27. The maximum absolute atomic E-state index is 12.5. The number of nitrogens with zero attached hydrogens (tertiary/aromatic N) is 2. The molecule has 0 spiro atoms.